The first-order valence-electron chi connectivity index (χ1n) is 13.5. The monoisotopic (exact) mass is 627 g/mol. The maximum atomic E-state index is 15.3. The fourth-order valence-electron chi connectivity index (χ4n) is 5.07. The predicted octanol–water partition coefficient (Wildman–Crippen LogP) is 5.91. The molecule has 1 saturated heterocycles. The summed E-state index contributed by atoms with van der Waals surface area (Å²) in [4.78, 5) is 16.5. The molecule has 1 fully saturated rings. The Balaban J connectivity index is 1.30. The molecule has 3 aromatic carbocycles. The normalized spacial score (nSPS) is 15.1. The fourth-order valence-corrected chi connectivity index (χ4v) is 6.27. The number of anilines is 1. The second-order valence-corrected chi connectivity index (χ2v) is 12.8. The summed E-state index contributed by atoms with van der Waals surface area (Å²) < 4.78 is 84.6. The molecule has 0 unspecified atom stereocenters. The molecular formula is C30H25F4N5O4S. The fraction of sp³-hybridized carbons (Fsp3) is 0.233. The van der Waals surface area contributed by atoms with E-state index in [0.717, 1.165) is 28.1 Å². The lowest BCUT2D eigenvalue weighted by molar-refractivity contribution is -0.156. The minimum absolute atomic E-state index is 0.00698. The number of rotatable bonds is 5. The van der Waals surface area contributed by atoms with Gasteiger partial charge in [-0.1, -0.05) is 24.3 Å². The molecule has 1 aliphatic heterocycles. The van der Waals surface area contributed by atoms with Gasteiger partial charge in [-0.15, -0.1) is 10.2 Å². The first-order valence-corrected chi connectivity index (χ1v) is 15.3. The Morgan fingerprint density at radius 2 is 1.61 bits per heavy atom. The Hall–Kier alpha value is -4.72. The zero-order chi connectivity index (χ0) is 31.2. The molecule has 0 spiro atoms. The summed E-state index contributed by atoms with van der Waals surface area (Å²) in [6, 6.07) is 18.3. The van der Waals surface area contributed by atoms with Crippen LogP contribution in [-0.2, 0) is 29.6 Å². The van der Waals surface area contributed by atoms with Gasteiger partial charge in [0.25, 0.3) is 0 Å². The van der Waals surface area contributed by atoms with E-state index >= 15 is 4.39 Å². The smallest absolute Gasteiger partial charge is 0.413 e. The van der Waals surface area contributed by atoms with E-state index in [1.165, 1.54) is 21.9 Å². The lowest BCUT2D eigenvalue weighted by Crippen LogP contribution is -2.49. The number of carbonyl (C=O) groups excluding carboxylic acids is 1. The van der Waals surface area contributed by atoms with Crippen LogP contribution in [0.3, 0.4) is 0 Å². The van der Waals surface area contributed by atoms with Gasteiger partial charge in [0.05, 0.1) is 18.1 Å². The van der Waals surface area contributed by atoms with E-state index in [2.05, 4.69) is 20.7 Å². The van der Waals surface area contributed by atoms with Crippen molar-refractivity contribution in [1.29, 1.82) is 0 Å². The van der Waals surface area contributed by atoms with Crippen molar-refractivity contribution in [2.24, 2.45) is 7.05 Å². The molecule has 9 nitrogen and oxygen atoms in total. The number of nitrogens with zero attached hydrogens (tertiary/aromatic N) is 5. The number of urea groups is 1. The van der Waals surface area contributed by atoms with E-state index in [4.69, 9.17) is 0 Å². The van der Waals surface area contributed by atoms with Crippen LogP contribution in [0.2, 0.25) is 0 Å². The number of hydrogen-bond donors (Lipinski definition) is 0. The second-order valence-electron chi connectivity index (χ2n) is 10.5. The number of halogens is 4. The largest absolute Gasteiger partial charge is 0.470 e. The summed E-state index contributed by atoms with van der Waals surface area (Å²) in [5.74, 6) is -3.22. The van der Waals surface area contributed by atoms with Gasteiger partial charge in [0.2, 0.25) is 5.89 Å². The Kier molecular flexibility index (Phi) is 7.40. The number of aryl methyl sites for hydroxylation is 1. The highest BCUT2D eigenvalue weighted by molar-refractivity contribution is 7.91. The molecule has 0 radical (unpaired) electrons. The van der Waals surface area contributed by atoms with Gasteiger partial charge in [-0.3, -0.25) is 4.90 Å². The van der Waals surface area contributed by atoms with Crippen LogP contribution in [0.15, 0.2) is 77.3 Å². The number of aromatic nitrogens is 3. The lowest BCUT2D eigenvalue weighted by Gasteiger charge is -2.33. The summed E-state index contributed by atoms with van der Waals surface area (Å²) in [5.41, 5.74) is 3.39. The number of amides is 2. The van der Waals surface area contributed by atoms with Crippen LogP contribution < -0.4 is 4.90 Å². The maximum absolute atomic E-state index is 15.3. The highest BCUT2D eigenvalue weighted by Gasteiger charge is 2.38. The van der Waals surface area contributed by atoms with Crippen molar-refractivity contribution in [2.75, 3.05) is 29.5 Å². The summed E-state index contributed by atoms with van der Waals surface area (Å²) in [5, 5.41) is 7.40. The molecule has 228 valence electrons. The Bertz CT molecular complexity index is 1960. The molecule has 0 atom stereocenters. The van der Waals surface area contributed by atoms with E-state index in [1.807, 2.05) is 48.1 Å². The number of sulfone groups is 1. The van der Waals surface area contributed by atoms with Gasteiger partial charge in [-0.2, -0.15) is 13.2 Å². The van der Waals surface area contributed by atoms with Crippen LogP contribution in [0.25, 0.3) is 33.5 Å². The third-order valence-electron chi connectivity index (χ3n) is 7.54. The first kappa shape index (κ1) is 29.4. The van der Waals surface area contributed by atoms with Crippen molar-refractivity contribution in [3.63, 3.8) is 0 Å². The molecule has 14 heteroatoms. The van der Waals surface area contributed by atoms with Gasteiger partial charge in [0.1, 0.15) is 5.82 Å². The van der Waals surface area contributed by atoms with Gasteiger partial charge in [-0.05, 0) is 53.6 Å². The minimum Gasteiger partial charge on any atom is -0.413 e. The van der Waals surface area contributed by atoms with E-state index < -0.39 is 39.6 Å². The van der Waals surface area contributed by atoms with Crippen LogP contribution in [0, 0.1) is 5.82 Å². The van der Waals surface area contributed by atoms with Crippen LogP contribution >= 0.6 is 0 Å². The highest BCUT2D eigenvalue weighted by Crippen LogP contribution is 2.32. The Morgan fingerprint density at radius 3 is 2.27 bits per heavy atom. The van der Waals surface area contributed by atoms with Crippen molar-refractivity contribution >= 4 is 32.5 Å². The average molecular weight is 628 g/mol. The highest BCUT2D eigenvalue weighted by atomic mass is 32.2. The maximum Gasteiger partial charge on any atom is 0.470 e. The molecule has 6 rings (SSSR count). The number of benzene rings is 3. The summed E-state index contributed by atoms with van der Waals surface area (Å²) in [7, 11) is -1.29. The molecule has 2 amide bonds. The van der Waals surface area contributed by atoms with Crippen molar-refractivity contribution in [3.05, 3.63) is 90.2 Å². The van der Waals surface area contributed by atoms with Gasteiger partial charge in [0, 0.05) is 54.1 Å². The number of alkyl halides is 3. The molecule has 44 heavy (non-hydrogen) atoms. The second kappa shape index (κ2) is 11.1. The van der Waals surface area contributed by atoms with Crippen molar-refractivity contribution in [3.8, 4) is 22.6 Å². The van der Waals surface area contributed by atoms with E-state index in [9.17, 15) is 26.4 Å². The number of fused-ring (bicyclic) bond motifs is 1. The molecule has 0 aliphatic carbocycles. The summed E-state index contributed by atoms with van der Waals surface area (Å²) in [6.45, 7) is -0.249. The van der Waals surface area contributed by atoms with E-state index in [1.54, 1.807) is 12.1 Å². The zero-order valence-electron chi connectivity index (χ0n) is 23.3. The van der Waals surface area contributed by atoms with Crippen LogP contribution in [0.4, 0.5) is 28.0 Å². The molecular weight excluding hydrogens is 602 g/mol. The topological polar surface area (TPSA) is 102 Å². The molecule has 2 aromatic heterocycles. The number of hydrogen-bond acceptors (Lipinski definition) is 6. The quantitative estimate of drug-likeness (QED) is 0.225. The minimum atomic E-state index is -4.85. The van der Waals surface area contributed by atoms with Gasteiger partial charge in [0.15, 0.2) is 9.84 Å². The number of carbonyl (C=O) groups is 1. The van der Waals surface area contributed by atoms with Gasteiger partial charge in [-0.25, -0.2) is 17.6 Å². The van der Waals surface area contributed by atoms with Gasteiger partial charge >= 0.3 is 18.1 Å². The third-order valence-corrected chi connectivity index (χ3v) is 9.15. The van der Waals surface area contributed by atoms with Crippen LogP contribution in [-0.4, -0.2) is 58.7 Å². The van der Waals surface area contributed by atoms with Gasteiger partial charge < -0.3 is 13.9 Å². The zero-order valence-corrected chi connectivity index (χ0v) is 24.1. The van der Waals surface area contributed by atoms with Crippen LogP contribution in [0.5, 0.6) is 0 Å². The molecule has 0 saturated carbocycles. The third kappa shape index (κ3) is 5.89. The molecule has 1 aliphatic rings. The molecule has 0 bridgehead atoms. The average Bonchev–Trinajstić information content (AvgIpc) is 3.64. The van der Waals surface area contributed by atoms with Crippen molar-refractivity contribution < 1.29 is 35.2 Å². The van der Waals surface area contributed by atoms with E-state index in [-0.39, 0.29) is 42.3 Å². The standard InChI is InChI=1S/C30H25F4N5O4S/c1-37-11-10-21-16-20(6-9-26(21)37)19-4-7-24(8-5-19)39(29(40)38-12-14-44(41,42)15-13-38)18-23-3-2-22(17-25(23)31)27-35-36-28(43-27)30(32,33)34/h2-11,16-17H,12-15,18H2,1H3. The predicted molar refractivity (Wildman–Crippen MR) is 155 cm³/mol. The lowest BCUT2D eigenvalue weighted by atomic mass is 10.0. The van der Waals surface area contributed by atoms with Crippen LogP contribution in [0.1, 0.15) is 11.5 Å². The summed E-state index contributed by atoms with van der Waals surface area (Å²) >= 11 is 0. The molecule has 0 N–H and O–H groups in total. The SMILES string of the molecule is Cn1ccc2cc(-c3ccc(N(Cc4ccc(-c5nnc(C(F)(F)F)o5)cc4F)C(=O)N4CCS(=O)(=O)CC4)cc3)ccc21. The first-order chi connectivity index (χ1) is 20.9. The van der Waals surface area contributed by atoms with Crippen molar-refractivity contribution in [1.82, 2.24) is 19.7 Å². The Labute approximate surface area is 249 Å². The van der Waals surface area contributed by atoms with Crippen molar-refractivity contribution in [2.45, 2.75) is 12.7 Å². The summed E-state index contributed by atoms with van der Waals surface area (Å²) in [6.07, 6.45) is -2.87. The molecule has 5 aromatic rings. The Morgan fingerprint density at radius 1 is 0.932 bits per heavy atom. The van der Waals surface area contributed by atoms with E-state index in [0.29, 0.717) is 5.69 Å². The molecule has 3 heterocycles.